The molecular weight excluding hydrogens is 262 g/mol. The van der Waals surface area contributed by atoms with E-state index in [0.717, 1.165) is 0 Å². The second-order valence-corrected chi connectivity index (χ2v) is 3.41. The fourth-order valence-electron chi connectivity index (χ4n) is 0.993. The molecule has 0 heterocycles. The summed E-state index contributed by atoms with van der Waals surface area (Å²) in [6.07, 6.45) is -0.735. The molecule has 0 radical (unpaired) electrons. The molecule has 0 fully saturated rings. The van der Waals surface area contributed by atoms with E-state index in [-0.39, 0.29) is 19.8 Å². The molecule has 0 rings (SSSR count). The highest BCUT2D eigenvalue weighted by Crippen LogP contribution is 1.92. The SMILES string of the molecule is NC(=O)COCCNC(=O)N[C@H](CC(=O)O)C(=O)O. The van der Waals surface area contributed by atoms with Crippen LogP contribution in [0.15, 0.2) is 0 Å². The summed E-state index contributed by atoms with van der Waals surface area (Å²) in [5.41, 5.74) is 4.80. The number of aliphatic carboxylic acids is 2. The minimum Gasteiger partial charge on any atom is -0.481 e. The number of urea groups is 1. The third-order valence-electron chi connectivity index (χ3n) is 1.76. The molecular formula is C9H15N3O7. The van der Waals surface area contributed by atoms with Crippen molar-refractivity contribution < 1.29 is 34.1 Å². The maximum absolute atomic E-state index is 11.2. The number of hydrogen-bond donors (Lipinski definition) is 5. The van der Waals surface area contributed by atoms with Gasteiger partial charge in [-0.2, -0.15) is 0 Å². The van der Waals surface area contributed by atoms with Crippen LogP contribution >= 0.6 is 0 Å². The number of nitrogens with one attached hydrogen (secondary N) is 2. The van der Waals surface area contributed by atoms with E-state index in [1.54, 1.807) is 0 Å². The Morgan fingerprint density at radius 2 is 1.84 bits per heavy atom. The summed E-state index contributed by atoms with van der Waals surface area (Å²) in [6, 6.07) is -2.37. The van der Waals surface area contributed by atoms with Crippen LogP contribution in [0.5, 0.6) is 0 Å². The molecule has 0 aromatic rings. The Kier molecular flexibility index (Phi) is 7.61. The molecule has 0 aliphatic heterocycles. The minimum atomic E-state index is -1.52. The zero-order valence-corrected chi connectivity index (χ0v) is 9.92. The van der Waals surface area contributed by atoms with Crippen molar-refractivity contribution in [3.63, 3.8) is 0 Å². The summed E-state index contributed by atoms with van der Waals surface area (Å²) in [5, 5.41) is 21.3. The highest BCUT2D eigenvalue weighted by molar-refractivity contribution is 5.86. The fourth-order valence-corrected chi connectivity index (χ4v) is 0.993. The van der Waals surface area contributed by atoms with Gasteiger partial charge in [0.2, 0.25) is 5.91 Å². The second-order valence-electron chi connectivity index (χ2n) is 3.41. The summed E-state index contributed by atoms with van der Waals surface area (Å²) >= 11 is 0. The largest absolute Gasteiger partial charge is 0.481 e. The van der Waals surface area contributed by atoms with Crippen molar-refractivity contribution >= 4 is 23.9 Å². The van der Waals surface area contributed by atoms with Crippen molar-refractivity contribution in [2.45, 2.75) is 12.5 Å². The maximum Gasteiger partial charge on any atom is 0.326 e. The van der Waals surface area contributed by atoms with Crippen molar-refractivity contribution in [3.8, 4) is 0 Å². The number of primary amides is 1. The number of ether oxygens (including phenoxy) is 1. The molecule has 0 aliphatic carbocycles. The van der Waals surface area contributed by atoms with Gasteiger partial charge < -0.3 is 31.3 Å². The first kappa shape index (κ1) is 16.6. The Bertz CT molecular complexity index is 358. The van der Waals surface area contributed by atoms with Gasteiger partial charge in [-0.3, -0.25) is 9.59 Å². The van der Waals surface area contributed by atoms with Gasteiger partial charge in [0.05, 0.1) is 13.0 Å². The Balaban J connectivity index is 3.90. The fraction of sp³-hybridized carbons (Fsp3) is 0.556. The number of rotatable bonds is 9. The smallest absolute Gasteiger partial charge is 0.326 e. The Labute approximate surface area is 107 Å². The summed E-state index contributed by atoms with van der Waals surface area (Å²) < 4.78 is 4.73. The van der Waals surface area contributed by atoms with Gasteiger partial charge in [0.25, 0.3) is 0 Å². The van der Waals surface area contributed by atoms with Crippen molar-refractivity contribution in [1.82, 2.24) is 10.6 Å². The first-order chi connectivity index (χ1) is 8.82. The van der Waals surface area contributed by atoms with Crippen LogP contribution in [0.2, 0.25) is 0 Å². The number of carbonyl (C=O) groups excluding carboxylic acids is 2. The number of hydrogen-bond acceptors (Lipinski definition) is 5. The number of carbonyl (C=O) groups is 4. The van der Waals surface area contributed by atoms with Crippen LogP contribution in [0, 0.1) is 0 Å². The van der Waals surface area contributed by atoms with E-state index in [2.05, 4.69) is 5.32 Å². The lowest BCUT2D eigenvalue weighted by Gasteiger charge is -2.13. The average molecular weight is 277 g/mol. The van der Waals surface area contributed by atoms with Gasteiger partial charge in [0.15, 0.2) is 0 Å². The molecule has 0 aliphatic rings. The van der Waals surface area contributed by atoms with E-state index in [0.29, 0.717) is 0 Å². The van der Waals surface area contributed by atoms with Crippen LogP contribution in [-0.2, 0) is 19.1 Å². The molecule has 0 bridgehead atoms. The van der Waals surface area contributed by atoms with E-state index in [1.807, 2.05) is 5.32 Å². The van der Waals surface area contributed by atoms with Crippen LogP contribution in [0.3, 0.4) is 0 Å². The second kappa shape index (κ2) is 8.69. The number of carboxylic acids is 2. The summed E-state index contributed by atoms with van der Waals surface area (Å²) in [5.74, 6) is -3.46. The zero-order chi connectivity index (χ0) is 14.8. The maximum atomic E-state index is 11.2. The molecule has 1 atom stereocenters. The van der Waals surface area contributed by atoms with Crippen LogP contribution < -0.4 is 16.4 Å². The van der Waals surface area contributed by atoms with Crippen molar-refractivity contribution in [1.29, 1.82) is 0 Å². The number of carboxylic acid groups (broad SMARTS) is 2. The molecule has 108 valence electrons. The van der Waals surface area contributed by atoms with E-state index in [9.17, 15) is 19.2 Å². The molecule has 10 nitrogen and oxygen atoms in total. The number of nitrogens with two attached hydrogens (primary N) is 1. The van der Waals surface area contributed by atoms with E-state index in [4.69, 9.17) is 20.7 Å². The standard InChI is InChI=1S/C9H15N3O7/c10-6(13)4-19-2-1-11-9(18)12-5(8(16)17)3-7(14)15/h5H,1-4H2,(H2,10,13)(H,14,15)(H,16,17)(H2,11,12,18)/t5-/m1/s1. The highest BCUT2D eigenvalue weighted by Gasteiger charge is 2.22. The first-order valence-electron chi connectivity index (χ1n) is 5.18. The molecule has 0 spiro atoms. The average Bonchev–Trinajstić information content (AvgIpc) is 2.26. The number of amides is 3. The van der Waals surface area contributed by atoms with Crippen molar-refractivity contribution in [3.05, 3.63) is 0 Å². The first-order valence-corrected chi connectivity index (χ1v) is 5.18. The molecule has 10 heteroatoms. The summed E-state index contributed by atoms with van der Waals surface area (Å²) in [6.45, 7) is -0.272. The van der Waals surface area contributed by atoms with Gasteiger partial charge in [-0.25, -0.2) is 9.59 Å². The molecule has 0 saturated carbocycles. The highest BCUT2D eigenvalue weighted by atomic mass is 16.5. The predicted molar refractivity (Wildman–Crippen MR) is 60.2 cm³/mol. The van der Waals surface area contributed by atoms with Gasteiger partial charge >= 0.3 is 18.0 Å². The van der Waals surface area contributed by atoms with Crippen molar-refractivity contribution in [2.24, 2.45) is 5.73 Å². The molecule has 3 amide bonds. The van der Waals surface area contributed by atoms with E-state index >= 15 is 0 Å². The summed E-state index contributed by atoms with van der Waals surface area (Å²) in [7, 11) is 0. The normalized spacial score (nSPS) is 11.4. The Morgan fingerprint density at radius 1 is 1.21 bits per heavy atom. The molecule has 0 aromatic carbocycles. The van der Waals surface area contributed by atoms with Gasteiger partial charge in [-0.1, -0.05) is 0 Å². The van der Waals surface area contributed by atoms with Gasteiger partial charge in [0.1, 0.15) is 12.6 Å². The lowest BCUT2D eigenvalue weighted by atomic mass is 10.2. The third kappa shape index (κ3) is 9.35. The molecule has 0 aromatic heterocycles. The third-order valence-corrected chi connectivity index (χ3v) is 1.76. The molecule has 0 saturated heterocycles. The zero-order valence-electron chi connectivity index (χ0n) is 9.92. The Morgan fingerprint density at radius 3 is 2.32 bits per heavy atom. The van der Waals surface area contributed by atoms with Gasteiger partial charge in [-0.05, 0) is 0 Å². The Hall–Kier alpha value is -2.36. The van der Waals surface area contributed by atoms with Crippen LogP contribution in [0.4, 0.5) is 4.79 Å². The van der Waals surface area contributed by atoms with Crippen LogP contribution in [0.25, 0.3) is 0 Å². The van der Waals surface area contributed by atoms with E-state index in [1.165, 1.54) is 0 Å². The quantitative estimate of drug-likeness (QED) is 0.295. The molecule has 0 unspecified atom stereocenters. The monoisotopic (exact) mass is 277 g/mol. The lowest BCUT2D eigenvalue weighted by molar-refractivity contribution is -0.145. The van der Waals surface area contributed by atoms with Gasteiger partial charge in [-0.15, -0.1) is 0 Å². The topological polar surface area (TPSA) is 168 Å². The summed E-state index contributed by atoms with van der Waals surface area (Å²) in [4.78, 5) is 42.5. The van der Waals surface area contributed by atoms with E-state index < -0.39 is 36.3 Å². The lowest BCUT2D eigenvalue weighted by Crippen LogP contribution is -2.47. The van der Waals surface area contributed by atoms with Crippen molar-refractivity contribution in [2.75, 3.05) is 19.8 Å². The van der Waals surface area contributed by atoms with Crippen LogP contribution in [-0.4, -0.2) is 59.9 Å². The van der Waals surface area contributed by atoms with Crippen LogP contribution in [0.1, 0.15) is 6.42 Å². The predicted octanol–water partition coefficient (Wildman–Crippen LogP) is -2.28. The van der Waals surface area contributed by atoms with Gasteiger partial charge in [0, 0.05) is 6.54 Å². The molecule has 19 heavy (non-hydrogen) atoms. The minimum absolute atomic E-state index is 0.00697. The molecule has 6 N–H and O–H groups in total.